The van der Waals surface area contributed by atoms with Gasteiger partial charge in [0.05, 0.1) is 0 Å². The molecule has 1 fully saturated rings. The maximum absolute atomic E-state index is 12.4. The average Bonchev–Trinajstić information content (AvgIpc) is 2.99. The van der Waals surface area contributed by atoms with Crippen molar-refractivity contribution in [1.29, 1.82) is 0 Å². The van der Waals surface area contributed by atoms with Gasteiger partial charge in [-0.05, 0) is 42.2 Å². The van der Waals surface area contributed by atoms with E-state index in [-0.39, 0.29) is 17.7 Å². The highest BCUT2D eigenvalue weighted by atomic mass is 35.5. The molecule has 134 valence electrons. The Balaban J connectivity index is 1.69. The zero-order chi connectivity index (χ0) is 18.1. The molecular weight excluding hydrogens is 367 g/mol. The molecule has 0 spiro atoms. The first kappa shape index (κ1) is 17.4. The molecule has 1 aliphatic rings. The molecule has 4 rings (SSSR count). The lowest BCUT2D eigenvalue weighted by molar-refractivity contribution is -0.127. The van der Waals surface area contributed by atoms with Crippen LogP contribution in [-0.4, -0.2) is 17.4 Å². The third-order valence-corrected chi connectivity index (χ3v) is 5.85. The van der Waals surface area contributed by atoms with E-state index in [4.69, 9.17) is 23.2 Å². The van der Waals surface area contributed by atoms with E-state index in [2.05, 4.69) is 16.4 Å². The topological polar surface area (TPSA) is 44.9 Å². The Labute approximate surface area is 162 Å². The molecule has 1 heterocycles. The van der Waals surface area contributed by atoms with Crippen LogP contribution in [0.15, 0.2) is 48.7 Å². The molecule has 0 saturated heterocycles. The fourth-order valence-electron chi connectivity index (χ4n) is 3.57. The van der Waals surface area contributed by atoms with Crippen LogP contribution in [0, 0.1) is 5.92 Å². The average molecular weight is 387 g/mol. The van der Waals surface area contributed by atoms with Gasteiger partial charge in [0.1, 0.15) is 0 Å². The Bertz CT molecular complexity index is 946. The minimum atomic E-state index is -0.0417. The predicted molar refractivity (Wildman–Crippen MR) is 107 cm³/mol. The fraction of sp³-hybridized carbons (Fsp3) is 0.286. The first-order chi connectivity index (χ1) is 12.6. The SMILES string of the molecule is O=C(NCC(c1ccc(Cl)cc1Cl)c1c[nH]c2ccccc12)C1CCC1. The lowest BCUT2D eigenvalue weighted by Crippen LogP contribution is -2.37. The first-order valence-electron chi connectivity index (χ1n) is 8.92. The summed E-state index contributed by atoms with van der Waals surface area (Å²) in [4.78, 5) is 15.7. The number of hydrogen-bond donors (Lipinski definition) is 2. The van der Waals surface area contributed by atoms with Crippen molar-refractivity contribution in [2.75, 3.05) is 6.54 Å². The molecule has 2 aromatic carbocycles. The van der Waals surface area contributed by atoms with Gasteiger partial charge in [-0.3, -0.25) is 4.79 Å². The number of aromatic nitrogens is 1. The number of carbonyl (C=O) groups excluding carboxylic acids is 1. The molecule has 1 saturated carbocycles. The quantitative estimate of drug-likeness (QED) is 0.595. The van der Waals surface area contributed by atoms with E-state index in [1.165, 1.54) is 0 Å². The maximum Gasteiger partial charge on any atom is 0.223 e. The van der Waals surface area contributed by atoms with Gasteiger partial charge < -0.3 is 10.3 Å². The number of benzene rings is 2. The Morgan fingerprint density at radius 2 is 1.96 bits per heavy atom. The molecule has 26 heavy (non-hydrogen) atoms. The van der Waals surface area contributed by atoms with Gasteiger partial charge in [-0.25, -0.2) is 0 Å². The molecular formula is C21H20Cl2N2O. The number of nitrogens with one attached hydrogen (secondary N) is 2. The summed E-state index contributed by atoms with van der Waals surface area (Å²) < 4.78 is 0. The maximum atomic E-state index is 12.4. The standard InChI is InChI=1S/C21H20Cl2N2O/c22-14-8-9-15(19(23)10-14)17(12-25-21(26)13-4-3-5-13)18-11-24-20-7-2-1-6-16(18)20/h1-2,6-11,13,17,24H,3-5,12H2,(H,25,26). The molecule has 1 aliphatic carbocycles. The highest BCUT2D eigenvalue weighted by molar-refractivity contribution is 6.35. The summed E-state index contributed by atoms with van der Waals surface area (Å²) in [6.45, 7) is 0.512. The van der Waals surface area contributed by atoms with Crippen molar-refractivity contribution in [1.82, 2.24) is 10.3 Å². The number of halogens is 2. The third kappa shape index (κ3) is 3.34. The van der Waals surface area contributed by atoms with Gasteiger partial charge in [-0.1, -0.05) is 53.9 Å². The zero-order valence-electron chi connectivity index (χ0n) is 14.3. The predicted octanol–water partition coefficient (Wildman–Crippen LogP) is 5.52. The monoisotopic (exact) mass is 386 g/mol. The van der Waals surface area contributed by atoms with Crippen molar-refractivity contribution in [3.8, 4) is 0 Å². The van der Waals surface area contributed by atoms with Gasteiger partial charge >= 0.3 is 0 Å². The molecule has 0 aliphatic heterocycles. The normalized spacial score (nSPS) is 15.6. The molecule has 1 amide bonds. The van der Waals surface area contributed by atoms with Gasteiger partial charge in [-0.2, -0.15) is 0 Å². The van der Waals surface area contributed by atoms with Crippen LogP contribution in [-0.2, 0) is 4.79 Å². The number of hydrogen-bond acceptors (Lipinski definition) is 1. The summed E-state index contributed by atoms with van der Waals surface area (Å²) in [6, 6.07) is 13.7. The Kier molecular flexibility index (Phi) is 4.92. The highest BCUT2D eigenvalue weighted by Gasteiger charge is 2.27. The second-order valence-corrected chi connectivity index (χ2v) is 7.72. The van der Waals surface area contributed by atoms with Gasteiger partial charge in [0.25, 0.3) is 0 Å². The second kappa shape index (κ2) is 7.34. The zero-order valence-corrected chi connectivity index (χ0v) is 15.8. The number of aromatic amines is 1. The summed E-state index contributed by atoms with van der Waals surface area (Å²) in [5.74, 6) is 0.269. The molecule has 0 radical (unpaired) electrons. The molecule has 3 nitrogen and oxygen atoms in total. The van der Waals surface area contributed by atoms with E-state index in [0.717, 1.165) is 41.3 Å². The smallest absolute Gasteiger partial charge is 0.223 e. The van der Waals surface area contributed by atoms with E-state index in [9.17, 15) is 4.79 Å². The van der Waals surface area contributed by atoms with E-state index in [1.807, 2.05) is 36.5 Å². The highest BCUT2D eigenvalue weighted by Crippen LogP contribution is 2.35. The van der Waals surface area contributed by atoms with Crippen molar-refractivity contribution < 1.29 is 4.79 Å². The van der Waals surface area contributed by atoms with Crippen LogP contribution in [0.2, 0.25) is 10.0 Å². The molecule has 1 atom stereocenters. The number of H-pyrrole nitrogens is 1. The summed E-state index contributed by atoms with van der Waals surface area (Å²) in [6.07, 6.45) is 5.14. The molecule has 5 heteroatoms. The number of fused-ring (bicyclic) bond motifs is 1. The Hall–Kier alpha value is -1.97. The number of rotatable bonds is 5. The van der Waals surface area contributed by atoms with Gasteiger partial charge in [-0.15, -0.1) is 0 Å². The largest absolute Gasteiger partial charge is 0.361 e. The van der Waals surface area contributed by atoms with Crippen LogP contribution >= 0.6 is 23.2 Å². The Morgan fingerprint density at radius 3 is 2.69 bits per heavy atom. The van der Waals surface area contributed by atoms with Crippen LogP contribution in [0.1, 0.15) is 36.3 Å². The molecule has 0 bridgehead atoms. The van der Waals surface area contributed by atoms with Gasteiger partial charge in [0.2, 0.25) is 5.91 Å². The lowest BCUT2D eigenvalue weighted by Gasteiger charge is -2.26. The number of carbonyl (C=O) groups is 1. The number of para-hydroxylation sites is 1. The van der Waals surface area contributed by atoms with Crippen LogP contribution < -0.4 is 5.32 Å². The summed E-state index contributed by atoms with van der Waals surface area (Å²) in [5.41, 5.74) is 3.16. The first-order valence-corrected chi connectivity index (χ1v) is 9.68. The van der Waals surface area contributed by atoms with E-state index < -0.39 is 0 Å². The van der Waals surface area contributed by atoms with Crippen LogP contribution in [0.4, 0.5) is 0 Å². The van der Waals surface area contributed by atoms with Crippen molar-refractivity contribution in [2.24, 2.45) is 5.92 Å². The summed E-state index contributed by atoms with van der Waals surface area (Å²) in [5, 5.41) is 5.50. The summed E-state index contributed by atoms with van der Waals surface area (Å²) in [7, 11) is 0. The fourth-order valence-corrected chi connectivity index (χ4v) is 4.11. The van der Waals surface area contributed by atoms with Crippen molar-refractivity contribution in [3.63, 3.8) is 0 Å². The molecule has 2 N–H and O–H groups in total. The van der Waals surface area contributed by atoms with Crippen LogP contribution in [0.3, 0.4) is 0 Å². The third-order valence-electron chi connectivity index (χ3n) is 5.29. The lowest BCUT2D eigenvalue weighted by atomic mass is 9.84. The minimum absolute atomic E-state index is 0.0417. The minimum Gasteiger partial charge on any atom is -0.361 e. The molecule has 1 aromatic heterocycles. The second-order valence-electron chi connectivity index (χ2n) is 6.88. The summed E-state index contributed by atoms with van der Waals surface area (Å²) >= 11 is 12.6. The van der Waals surface area contributed by atoms with Gasteiger partial charge in [0, 0.05) is 45.5 Å². The van der Waals surface area contributed by atoms with Crippen LogP contribution in [0.5, 0.6) is 0 Å². The molecule has 1 unspecified atom stereocenters. The van der Waals surface area contributed by atoms with Gasteiger partial charge in [0.15, 0.2) is 0 Å². The van der Waals surface area contributed by atoms with E-state index in [0.29, 0.717) is 16.6 Å². The molecule has 3 aromatic rings. The van der Waals surface area contributed by atoms with Crippen molar-refractivity contribution in [2.45, 2.75) is 25.2 Å². The van der Waals surface area contributed by atoms with Crippen molar-refractivity contribution in [3.05, 3.63) is 69.8 Å². The van der Waals surface area contributed by atoms with E-state index in [1.54, 1.807) is 6.07 Å². The van der Waals surface area contributed by atoms with Crippen molar-refractivity contribution >= 4 is 40.0 Å². The van der Waals surface area contributed by atoms with E-state index >= 15 is 0 Å². The number of amides is 1. The van der Waals surface area contributed by atoms with Crippen LogP contribution in [0.25, 0.3) is 10.9 Å². The Morgan fingerprint density at radius 1 is 1.15 bits per heavy atom.